The summed E-state index contributed by atoms with van der Waals surface area (Å²) in [5.41, 5.74) is 0. The molecule has 0 saturated carbocycles. The van der Waals surface area contributed by atoms with E-state index in [1.165, 1.54) is 22.6 Å². The number of hydrogen-bond acceptors (Lipinski definition) is 1. The Kier molecular flexibility index (Phi) is 3.37. The van der Waals surface area contributed by atoms with Gasteiger partial charge in [0.25, 0.3) is 0 Å². The molecule has 0 aliphatic heterocycles. The van der Waals surface area contributed by atoms with Crippen LogP contribution in [-0.2, 0) is 6.42 Å². The van der Waals surface area contributed by atoms with Crippen molar-refractivity contribution >= 4 is 11.3 Å². The van der Waals surface area contributed by atoms with Crippen LogP contribution in [-0.4, -0.2) is 0 Å². The first-order valence-electron chi connectivity index (χ1n) is 3.99. The molecule has 0 atom stereocenters. The van der Waals surface area contributed by atoms with Crippen molar-refractivity contribution in [3.05, 3.63) is 34.0 Å². The quantitative estimate of drug-likeness (QED) is 0.602. The minimum atomic E-state index is 1.18. The Balaban J connectivity index is 2.38. The first kappa shape index (κ1) is 8.54. The Morgan fingerprint density at radius 2 is 2.27 bits per heavy atom. The summed E-state index contributed by atoms with van der Waals surface area (Å²) in [4.78, 5) is 2.92. The van der Waals surface area contributed by atoms with Gasteiger partial charge in [-0.2, -0.15) is 0 Å². The smallest absolute Gasteiger partial charge is 0.00511 e. The van der Waals surface area contributed by atoms with Crippen molar-refractivity contribution in [3.63, 3.8) is 0 Å². The molecule has 0 aromatic carbocycles. The highest BCUT2D eigenvalue weighted by atomic mass is 32.1. The van der Waals surface area contributed by atoms with Gasteiger partial charge in [0.2, 0.25) is 0 Å². The molecule has 0 nitrogen and oxygen atoms in total. The molecule has 0 fully saturated rings. The van der Waals surface area contributed by atoms with Crippen molar-refractivity contribution in [1.82, 2.24) is 0 Å². The van der Waals surface area contributed by atoms with E-state index in [1.54, 1.807) is 0 Å². The standard InChI is InChI=1S/C10H14S/c1-3-4-5-6-10-8-7-9(2)11-10/h3-4,7-8H,5-6H2,1-2H3/b4-3-. The number of allylic oxidation sites excluding steroid dienone is 2. The highest BCUT2D eigenvalue weighted by molar-refractivity contribution is 7.11. The van der Waals surface area contributed by atoms with E-state index in [1.807, 2.05) is 11.3 Å². The molecule has 0 radical (unpaired) electrons. The zero-order valence-corrected chi connectivity index (χ0v) is 7.95. The fourth-order valence-electron chi connectivity index (χ4n) is 1.01. The minimum Gasteiger partial charge on any atom is -0.146 e. The molecule has 60 valence electrons. The van der Waals surface area contributed by atoms with E-state index < -0.39 is 0 Å². The summed E-state index contributed by atoms with van der Waals surface area (Å²) in [5.74, 6) is 0. The molecule has 0 aliphatic carbocycles. The van der Waals surface area contributed by atoms with E-state index in [0.717, 1.165) is 0 Å². The van der Waals surface area contributed by atoms with Crippen molar-refractivity contribution in [2.24, 2.45) is 0 Å². The van der Waals surface area contributed by atoms with E-state index in [-0.39, 0.29) is 0 Å². The van der Waals surface area contributed by atoms with Gasteiger partial charge in [-0.3, -0.25) is 0 Å². The molecular weight excluding hydrogens is 152 g/mol. The van der Waals surface area contributed by atoms with E-state index >= 15 is 0 Å². The largest absolute Gasteiger partial charge is 0.146 e. The lowest BCUT2D eigenvalue weighted by Gasteiger charge is -1.89. The number of aryl methyl sites for hydroxylation is 2. The molecule has 0 amide bonds. The van der Waals surface area contributed by atoms with Gasteiger partial charge in [0.05, 0.1) is 0 Å². The molecule has 11 heavy (non-hydrogen) atoms. The van der Waals surface area contributed by atoms with Crippen molar-refractivity contribution in [1.29, 1.82) is 0 Å². The van der Waals surface area contributed by atoms with Gasteiger partial charge < -0.3 is 0 Å². The molecule has 0 unspecified atom stereocenters. The van der Waals surface area contributed by atoms with Gasteiger partial charge in [0, 0.05) is 9.75 Å². The van der Waals surface area contributed by atoms with Gasteiger partial charge in [0.15, 0.2) is 0 Å². The number of rotatable bonds is 3. The van der Waals surface area contributed by atoms with Crippen molar-refractivity contribution < 1.29 is 0 Å². The molecule has 0 saturated heterocycles. The average Bonchev–Trinajstić information content (AvgIpc) is 2.37. The Morgan fingerprint density at radius 3 is 2.82 bits per heavy atom. The summed E-state index contributed by atoms with van der Waals surface area (Å²) in [6.45, 7) is 4.23. The van der Waals surface area contributed by atoms with Crippen LogP contribution in [0.25, 0.3) is 0 Å². The van der Waals surface area contributed by atoms with Crippen LogP contribution in [0.5, 0.6) is 0 Å². The molecule has 1 rings (SSSR count). The Labute approximate surface area is 72.6 Å². The van der Waals surface area contributed by atoms with Crippen molar-refractivity contribution in [2.45, 2.75) is 26.7 Å². The molecule has 1 aromatic rings. The lowest BCUT2D eigenvalue weighted by atomic mass is 10.2. The van der Waals surface area contributed by atoms with E-state index in [4.69, 9.17) is 0 Å². The second-order valence-electron chi connectivity index (χ2n) is 2.62. The summed E-state index contributed by atoms with van der Waals surface area (Å²) in [7, 11) is 0. The number of hydrogen-bond donors (Lipinski definition) is 0. The maximum Gasteiger partial charge on any atom is 0.00511 e. The highest BCUT2D eigenvalue weighted by Crippen LogP contribution is 2.16. The van der Waals surface area contributed by atoms with Crippen LogP contribution >= 0.6 is 11.3 Å². The average molecular weight is 166 g/mol. The van der Waals surface area contributed by atoms with Crippen LogP contribution < -0.4 is 0 Å². The topological polar surface area (TPSA) is 0 Å². The Bertz CT molecular complexity index is 233. The SMILES string of the molecule is C/C=C\CCc1ccc(C)s1. The summed E-state index contributed by atoms with van der Waals surface area (Å²) in [6.07, 6.45) is 6.70. The van der Waals surface area contributed by atoms with Crippen LogP contribution in [0.15, 0.2) is 24.3 Å². The number of thiophene rings is 1. The van der Waals surface area contributed by atoms with Crippen LogP contribution in [0, 0.1) is 6.92 Å². The molecule has 0 spiro atoms. The lowest BCUT2D eigenvalue weighted by Crippen LogP contribution is -1.74. The molecule has 0 bridgehead atoms. The van der Waals surface area contributed by atoms with E-state index in [0.29, 0.717) is 0 Å². The first-order chi connectivity index (χ1) is 5.33. The molecular formula is C10H14S. The zero-order chi connectivity index (χ0) is 8.10. The summed E-state index contributed by atoms with van der Waals surface area (Å²) in [6, 6.07) is 4.42. The molecule has 1 heteroatoms. The predicted octanol–water partition coefficient (Wildman–Crippen LogP) is 3.57. The molecule has 0 N–H and O–H groups in total. The van der Waals surface area contributed by atoms with Gasteiger partial charge in [-0.25, -0.2) is 0 Å². The van der Waals surface area contributed by atoms with Crippen LogP contribution in [0.4, 0.5) is 0 Å². The van der Waals surface area contributed by atoms with Crippen molar-refractivity contribution in [2.75, 3.05) is 0 Å². The molecule has 1 aromatic heterocycles. The monoisotopic (exact) mass is 166 g/mol. The van der Waals surface area contributed by atoms with Gasteiger partial charge >= 0.3 is 0 Å². The van der Waals surface area contributed by atoms with E-state index in [9.17, 15) is 0 Å². The fourth-order valence-corrected chi connectivity index (χ4v) is 1.92. The van der Waals surface area contributed by atoms with E-state index in [2.05, 4.69) is 38.1 Å². The normalized spacial score (nSPS) is 11.1. The second-order valence-corrected chi connectivity index (χ2v) is 3.99. The fraction of sp³-hybridized carbons (Fsp3) is 0.400. The van der Waals surface area contributed by atoms with Crippen molar-refractivity contribution in [3.8, 4) is 0 Å². The minimum absolute atomic E-state index is 1.18. The Morgan fingerprint density at radius 1 is 1.45 bits per heavy atom. The summed E-state index contributed by atoms with van der Waals surface area (Å²) < 4.78 is 0. The third-order valence-electron chi connectivity index (χ3n) is 1.59. The van der Waals surface area contributed by atoms with Gasteiger partial charge in [-0.1, -0.05) is 12.2 Å². The van der Waals surface area contributed by atoms with Crippen LogP contribution in [0.1, 0.15) is 23.1 Å². The summed E-state index contributed by atoms with van der Waals surface area (Å²) >= 11 is 1.90. The second kappa shape index (κ2) is 4.35. The molecule has 1 heterocycles. The third kappa shape index (κ3) is 2.89. The summed E-state index contributed by atoms with van der Waals surface area (Å²) in [5, 5.41) is 0. The van der Waals surface area contributed by atoms with Gasteiger partial charge in [-0.05, 0) is 38.8 Å². The lowest BCUT2D eigenvalue weighted by molar-refractivity contribution is 1.02. The maximum absolute atomic E-state index is 2.23. The maximum atomic E-state index is 2.23. The zero-order valence-electron chi connectivity index (χ0n) is 7.13. The first-order valence-corrected chi connectivity index (χ1v) is 4.81. The van der Waals surface area contributed by atoms with Gasteiger partial charge in [0.1, 0.15) is 0 Å². The Hall–Kier alpha value is -0.560. The highest BCUT2D eigenvalue weighted by Gasteiger charge is 1.93. The van der Waals surface area contributed by atoms with Gasteiger partial charge in [-0.15, -0.1) is 11.3 Å². The third-order valence-corrected chi connectivity index (χ3v) is 2.65. The van der Waals surface area contributed by atoms with Crippen LogP contribution in [0.3, 0.4) is 0 Å². The molecule has 0 aliphatic rings. The van der Waals surface area contributed by atoms with Crippen LogP contribution in [0.2, 0.25) is 0 Å². The predicted molar refractivity (Wildman–Crippen MR) is 52.2 cm³/mol.